The Labute approximate surface area is 170 Å². The molecule has 0 bridgehead atoms. The molecular weight excluding hydrogens is 397 g/mol. The first-order chi connectivity index (χ1) is 13.5. The predicted molar refractivity (Wildman–Crippen MR) is 111 cm³/mol. The highest BCUT2D eigenvalue weighted by Gasteiger charge is 2.29. The van der Waals surface area contributed by atoms with Gasteiger partial charge >= 0.3 is 0 Å². The number of anilines is 2. The minimum absolute atomic E-state index is 0.0932. The monoisotopic (exact) mass is 421 g/mol. The van der Waals surface area contributed by atoms with Gasteiger partial charge in [0.2, 0.25) is 15.9 Å². The Bertz CT molecular complexity index is 991. The van der Waals surface area contributed by atoms with Gasteiger partial charge in [0.25, 0.3) is 5.91 Å². The van der Waals surface area contributed by atoms with Crippen LogP contribution in [-0.4, -0.2) is 38.6 Å². The summed E-state index contributed by atoms with van der Waals surface area (Å²) >= 11 is 0. The third kappa shape index (κ3) is 5.77. The highest BCUT2D eigenvalue weighted by Crippen LogP contribution is 2.23. The quantitative estimate of drug-likeness (QED) is 0.719. The largest absolute Gasteiger partial charge is 0.350 e. The van der Waals surface area contributed by atoms with Gasteiger partial charge in [0.15, 0.2) is 0 Å². The molecule has 0 heterocycles. The van der Waals surface area contributed by atoms with Crippen molar-refractivity contribution in [3.8, 4) is 0 Å². The van der Waals surface area contributed by atoms with E-state index < -0.39 is 27.8 Å². The molecule has 0 saturated carbocycles. The van der Waals surface area contributed by atoms with Crippen LogP contribution in [0.3, 0.4) is 0 Å². The number of para-hydroxylation sites is 1. The Morgan fingerprint density at radius 1 is 1.00 bits per heavy atom. The second-order valence-electron chi connectivity index (χ2n) is 6.87. The molecule has 9 heteroatoms. The third-order valence-corrected chi connectivity index (χ3v) is 5.26. The lowest BCUT2D eigenvalue weighted by Crippen LogP contribution is -2.45. The topological polar surface area (TPSA) is 95.6 Å². The van der Waals surface area contributed by atoms with Crippen molar-refractivity contribution in [2.75, 3.05) is 15.9 Å². The summed E-state index contributed by atoms with van der Waals surface area (Å²) < 4.78 is 38.7. The number of rotatable bonds is 7. The molecule has 0 aliphatic carbocycles. The minimum atomic E-state index is -3.84. The van der Waals surface area contributed by atoms with E-state index in [1.165, 1.54) is 19.1 Å². The summed E-state index contributed by atoms with van der Waals surface area (Å²) in [5.41, 5.74) is 0.673. The number of halogens is 1. The first kappa shape index (κ1) is 22.4. The number of nitrogens with one attached hydrogen (secondary N) is 2. The second-order valence-corrected chi connectivity index (χ2v) is 8.73. The van der Waals surface area contributed by atoms with Crippen LogP contribution >= 0.6 is 0 Å². The molecule has 1 unspecified atom stereocenters. The normalized spacial score (nSPS) is 12.3. The van der Waals surface area contributed by atoms with Crippen LogP contribution in [0.4, 0.5) is 15.8 Å². The number of amides is 2. The molecule has 2 N–H and O–H groups in total. The standard InChI is InChI=1S/C20H24FN3O4S/c1-13(2)22-20(26)17-7-5-6-8-18(17)23-19(25)14(3)24(29(4,27)28)16-11-9-15(21)10-12-16/h5-14H,1-4H3,(H,22,26)(H,23,25). The van der Waals surface area contributed by atoms with Gasteiger partial charge < -0.3 is 10.6 Å². The molecule has 2 aromatic carbocycles. The summed E-state index contributed by atoms with van der Waals surface area (Å²) in [6.45, 7) is 5.04. The van der Waals surface area contributed by atoms with Crippen molar-refractivity contribution >= 4 is 33.2 Å². The van der Waals surface area contributed by atoms with Gasteiger partial charge in [-0.2, -0.15) is 0 Å². The Hall–Kier alpha value is -2.94. The molecule has 0 radical (unpaired) electrons. The molecule has 0 saturated heterocycles. The molecule has 29 heavy (non-hydrogen) atoms. The molecule has 7 nitrogen and oxygen atoms in total. The molecule has 156 valence electrons. The SMILES string of the molecule is CC(C)NC(=O)c1ccccc1NC(=O)C(C)N(c1ccc(F)cc1)S(C)(=O)=O. The zero-order chi connectivity index (χ0) is 21.8. The average molecular weight is 421 g/mol. The molecule has 0 spiro atoms. The summed E-state index contributed by atoms with van der Waals surface area (Å²) in [4.78, 5) is 25.2. The number of carbonyl (C=O) groups excluding carboxylic acids is 2. The lowest BCUT2D eigenvalue weighted by molar-refractivity contribution is -0.116. The first-order valence-corrected chi connectivity index (χ1v) is 10.8. The molecule has 2 aromatic rings. The summed E-state index contributed by atoms with van der Waals surface area (Å²) in [5.74, 6) is -1.52. The molecule has 0 aromatic heterocycles. The van der Waals surface area contributed by atoms with Crippen LogP contribution in [0.25, 0.3) is 0 Å². The van der Waals surface area contributed by atoms with Gasteiger partial charge in [0, 0.05) is 6.04 Å². The van der Waals surface area contributed by atoms with Crippen LogP contribution in [0.2, 0.25) is 0 Å². The maximum atomic E-state index is 13.2. The van der Waals surface area contributed by atoms with Crippen molar-refractivity contribution in [2.45, 2.75) is 32.9 Å². The molecule has 0 aliphatic rings. The van der Waals surface area contributed by atoms with E-state index in [0.717, 1.165) is 22.7 Å². The molecule has 0 fully saturated rings. The fraction of sp³-hybridized carbons (Fsp3) is 0.300. The number of nitrogens with zero attached hydrogens (tertiary/aromatic N) is 1. The first-order valence-electron chi connectivity index (χ1n) is 8.96. The van der Waals surface area contributed by atoms with Crippen molar-refractivity contribution in [3.05, 3.63) is 59.9 Å². The van der Waals surface area contributed by atoms with Crippen molar-refractivity contribution in [1.29, 1.82) is 0 Å². The number of sulfonamides is 1. The van der Waals surface area contributed by atoms with Gasteiger partial charge in [-0.1, -0.05) is 12.1 Å². The van der Waals surface area contributed by atoms with E-state index in [9.17, 15) is 22.4 Å². The molecular formula is C20H24FN3O4S. The summed E-state index contributed by atoms with van der Waals surface area (Å²) in [6.07, 6.45) is 0.962. The third-order valence-electron chi connectivity index (χ3n) is 4.02. The minimum Gasteiger partial charge on any atom is -0.350 e. The molecule has 2 amide bonds. The van der Waals surface area contributed by atoms with Crippen molar-refractivity contribution in [2.24, 2.45) is 0 Å². The zero-order valence-electron chi connectivity index (χ0n) is 16.6. The Kier molecular flexibility index (Phi) is 6.97. The van der Waals surface area contributed by atoms with E-state index in [2.05, 4.69) is 10.6 Å². The summed E-state index contributed by atoms with van der Waals surface area (Å²) in [6, 6.07) is 9.99. The molecule has 2 rings (SSSR count). The number of benzene rings is 2. The van der Waals surface area contributed by atoms with Crippen LogP contribution in [0.5, 0.6) is 0 Å². The van der Waals surface area contributed by atoms with E-state index >= 15 is 0 Å². The van der Waals surface area contributed by atoms with Gasteiger partial charge in [0.05, 0.1) is 23.2 Å². The molecule has 1 atom stereocenters. The number of carbonyl (C=O) groups is 2. The maximum absolute atomic E-state index is 13.2. The number of hydrogen-bond donors (Lipinski definition) is 2. The second kappa shape index (κ2) is 9.04. The van der Waals surface area contributed by atoms with Gasteiger partial charge in [0.1, 0.15) is 11.9 Å². The maximum Gasteiger partial charge on any atom is 0.253 e. The molecule has 0 aliphatic heterocycles. The number of hydrogen-bond acceptors (Lipinski definition) is 4. The van der Waals surface area contributed by atoms with E-state index in [4.69, 9.17) is 0 Å². The predicted octanol–water partition coefficient (Wildman–Crippen LogP) is 2.76. The van der Waals surface area contributed by atoms with Crippen LogP contribution in [0.15, 0.2) is 48.5 Å². The smallest absolute Gasteiger partial charge is 0.253 e. The Morgan fingerprint density at radius 3 is 2.14 bits per heavy atom. The van der Waals surface area contributed by atoms with Gasteiger partial charge in [-0.3, -0.25) is 13.9 Å². The summed E-state index contributed by atoms with van der Waals surface area (Å²) in [5, 5.41) is 5.37. The van der Waals surface area contributed by atoms with Crippen LogP contribution < -0.4 is 14.9 Å². The van der Waals surface area contributed by atoms with E-state index in [0.29, 0.717) is 0 Å². The van der Waals surface area contributed by atoms with Gasteiger partial charge in [-0.05, 0) is 57.2 Å². The highest BCUT2D eigenvalue weighted by atomic mass is 32.2. The zero-order valence-corrected chi connectivity index (χ0v) is 17.5. The fourth-order valence-electron chi connectivity index (χ4n) is 2.76. The van der Waals surface area contributed by atoms with E-state index in [1.807, 2.05) is 13.8 Å². The fourth-order valence-corrected chi connectivity index (χ4v) is 3.94. The highest BCUT2D eigenvalue weighted by molar-refractivity contribution is 7.92. The van der Waals surface area contributed by atoms with E-state index in [-0.39, 0.29) is 28.9 Å². The van der Waals surface area contributed by atoms with E-state index in [1.54, 1.807) is 24.3 Å². The lowest BCUT2D eigenvalue weighted by Gasteiger charge is -2.28. The lowest BCUT2D eigenvalue weighted by atomic mass is 10.1. The average Bonchev–Trinajstić information content (AvgIpc) is 2.62. The Morgan fingerprint density at radius 2 is 1.59 bits per heavy atom. The van der Waals surface area contributed by atoms with Crippen LogP contribution in [-0.2, 0) is 14.8 Å². The van der Waals surface area contributed by atoms with Crippen LogP contribution in [0, 0.1) is 5.82 Å². The van der Waals surface area contributed by atoms with Crippen molar-refractivity contribution in [1.82, 2.24) is 5.32 Å². The van der Waals surface area contributed by atoms with Crippen LogP contribution in [0.1, 0.15) is 31.1 Å². The summed E-state index contributed by atoms with van der Waals surface area (Å²) in [7, 11) is -3.84. The van der Waals surface area contributed by atoms with Gasteiger partial charge in [-0.15, -0.1) is 0 Å². The van der Waals surface area contributed by atoms with Gasteiger partial charge in [-0.25, -0.2) is 12.8 Å². The Balaban J connectivity index is 2.32. The van der Waals surface area contributed by atoms with Crippen molar-refractivity contribution < 1.29 is 22.4 Å². The van der Waals surface area contributed by atoms with Crippen molar-refractivity contribution in [3.63, 3.8) is 0 Å².